The van der Waals surface area contributed by atoms with E-state index in [0.29, 0.717) is 18.5 Å². The fourth-order valence-corrected chi connectivity index (χ4v) is 4.31. The van der Waals surface area contributed by atoms with Crippen molar-refractivity contribution in [1.82, 2.24) is 9.88 Å². The molecule has 0 bridgehead atoms. The number of H-pyrrole nitrogens is 1. The molecular weight excluding hydrogens is 376 g/mol. The summed E-state index contributed by atoms with van der Waals surface area (Å²) >= 11 is 0. The number of rotatable bonds is 4. The van der Waals surface area contributed by atoms with Crippen LogP contribution in [0.5, 0.6) is 0 Å². The number of benzene rings is 2. The van der Waals surface area contributed by atoms with E-state index in [0.717, 1.165) is 34.2 Å². The van der Waals surface area contributed by atoms with Crippen molar-refractivity contribution in [2.45, 2.75) is 39.7 Å². The first-order valence-electron chi connectivity index (χ1n) is 10.3. The van der Waals surface area contributed by atoms with Crippen LogP contribution in [0.4, 0.5) is 0 Å². The smallest absolute Gasteiger partial charge is 0.326 e. The first-order chi connectivity index (χ1) is 14.3. The highest BCUT2D eigenvalue weighted by Crippen LogP contribution is 2.30. The Kier molecular flexibility index (Phi) is 5.20. The first kappa shape index (κ1) is 20.0. The van der Waals surface area contributed by atoms with E-state index in [4.69, 9.17) is 0 Å². The summed E-state index contributed by atoms with van der Waals surface area (Å²) in [7, 11) is 0. The van der Waals surface area contributed by atoms with Crippen LogP contribution in [0.15, 0.2) is 48.2 Å². The molecule has 0 spiro atoms. The van der Waals surface area contributed by atoms with Gasteiger partial charge in [0.05, 0.1) is 0 Å². The molecule has 0 saturated carbocycles. The van der Waals surface area contributed by atoms with Gasteiger partial charge in [0, 0.05) is 23.8 Å². The maximum atomic E-state index is 12.8. The van der Waals surface area contributed by atoms with E-state index in [1.54, 1.807) is 6.92 Å². The highest BCUT2D eigenvalue weighted by atomic mass is 16.4. The molecule has 2 heterocycles. The van der Waals surface area contributed by atoms with Crippen LogP contribution in [0.25, 0.3) is 28.1 Å². The van der Waals surface area contributed by atoms with Crippen molar-refractivity contribution >= 4 is 28.9 Å². The molecular formula is C25H26N2O3. The van der Waals surface area contributed by atoms with Crippen molar-refractivity contribution < 1.29 is 14.7 Å². The van der Waals surface area contributed by atoms with Gasteiger partial charge in [-0.15, -0.1) is 0 Å². The van der Waals surface area contributed by atoms with Gasteiger partial charge in [0.1, 0.15) is 6.04 Å². The Balaban J connectivity index is 1.64. The Morgan fingerprint density at radius 1 is 1.13 bits per heavy atom. The molecule has 2 aromatic carbocycles. The summed E-state index contributed by atoms with van der Waals surface area (Å²) < 4.78 is 0. The van der Waals surface area contributed by atoms with Gasteiger partial charge in [-0.05, 0) is 91.1 Å². The number of aryl methyl sites for hydroxylation is 2. The van der Waals surface area contributed by atoms with Crippen LogP contribution in [-0.4, -0.2) is 39.5 Å². The zero-order valence-electron chi connectivity index (χ0n) is 17.5. The fraction of sp³-hybridized carbons (Fsp3) is 0.280. The summed E-state index contributed by atoms with van der Waals surface area (Å²) in [6.07, 6.45) is 5.07. The van der Waals surface area contributed by atoms with Gasteiger partial charge in [-0.1, -0.05) is 18.2 Å². The summed E-state index contributed by atoms with van der Waals surface area (Å²) in [4.78, 5) is 29.0. The Morgan fingerprint density at radius 2 is 1.93 bits per heavy atom. The monoisotopic (exact) mass is 402 g/mol. The number of carboxylic acids is 1. The molecule has 3 aromatic rings. The van der Waals surface area contributed by atoms with Gasteiger partial charge in [-0.3, -0.25) is 4.79 Å². The van der Waals surface area contributed by atoms with Crippen LogP contribution in [0.1, 0.15) is 36.5 Å². The molecule has 4 rings (SSSR count). The second-order valence-corrected chi connectivity index (χ2v) is 8.13. The number of fused-ring (bicyclic) bond motifs is 1. The number of carbonyl (C=O) groups is 2. The number of aromatic nitrogens is 1. The Hall–Kier alpha value is -3.34. The van der Waals surface area contributed by atoms with Gasteiger partial charge >= 0.3 is 5.97 Å². The van der Waals surface area contributed by atoms with Crippen LogP contribution in [0.3, 0.4) is 0 Å². The second kappa shape index (κ2) is 7.82. The predicted octanol–water partition coefficient (Wildman–Crippen LogP) is 4.93. The Bertz CT molecular complexity index is 1170. The Labute approximate surface area is 176 Å². The average molecular weight is 402 g/mol. The number of nitrogens with zero attached hydrogens (tertiary/aromatic N) is 1. The summed E-state index contributed by atoms with van der Waals surface area (Å²) in [6.45, 7) is 6.38. The van der Waals surface area contributed by atoms with Crippen molar-refractivity contribution in [3.63, 3.8) is 0 Å². The number of hydrogen-bond acceptors (Lipinski definition) is 2. The van der Waals surface area contributed by atoms with Gasteiger partial charge in [0.15, 0.2) is 0 Å². The highest BCUT2D eigenvalue weighted by molar-refractivity contribution is 5.99. The number of aliphatic carboxylic acids is 1. The van der Waals surface area contributed by atoms with Gasteiger partial charge in [-0.25, -0.2) is 4.79 Å². The van der Waals surface area contributed by atoms with E-state index in [1.807, 2.05) is 19.2 Å². The third-order valence-corrected chi connectivity index (χ3v) is 5.99. The van der Waals surface area contributed by atoms with Crippen molar-refractivity contribution in [2.24, 2.45) is 0 Å². The summed E-state index contributed by atoms with van der Waals surface area (Å²) in [5.74, 6) is -1.12. The predicted molar refractivity (Wildman–Crippen MR) is 119 cm³/mol. The quantitative estimate of drug-likeness (QED) is 0.608. The molecule has 30 heavy (non-hydrogen) atoms. The normalized spacial score (nSPS) is 17.0. The lowest BCUT2D eigenvalue weighted by Gasteiger charge is -2.22. The van der Waals surface area contributed by atoms with E-state index < -0.39 is 12.0 Å². The molecule has 154 valence electrons. The van der Waals surface area contributed by atoms with Crippen LogP contribution < -0.4 is 0 Å². The zero-order chi connectivity index (χ0) is 21.4. The minimum atomic E-state index is -0.926. The summed E-state index contributed by atoms with van der Waals surface area (Å²) in [5.41, 5.74) is 7.20. The summed E-state index contributed by atoms with van der Waals surface area (Å²) in [6, 6.07) is 12.0. The molecule has 1 fully saturated rings. The standard InChI is InChI=1S/C25H26N2O3/c1-15-13-21(18-6-7-22-19(14-18)8-9-26-22)16(2)11-20(15)12-17(3)24(28)27-10-4-5-23(27)25(29)30/h6-9,11-14,23,26H,4-5,10H2,1-3H3,(H,29,30)/b17-12+/t23-/m1/s1. The van der Waals surface area contributed by atoms with E-state index in [2.05, 4.69) is 48.3 Å². The maximum Gasteiger partial charge on any atom is 0.326 e. The number of nitrogens with one attached hydrogen (secondary N) is 1. The van der Waals surface area contributed by atoms with Crippen LogP contribution in [-0.2, 0) is 9.59 Å². The molecule has 1 saturated heterocycles. The highest BCUT2D eigenvalue weighted by Gasteiger charge is 2.34. The largest absolute Gasteiger partial charge is 0.480 e. The molecule has 1 amide bonds. The molecule has 1 aromatic heterocycles. The topological polar surface area (TPSA) is 73.4 Å². The first-order valence-corrected chi connectivity index (χ1v) is 10.3. The molecule has 0 aliphatic carbocycles. The average Bonchev–Trinajstić information content (AvgIpc) is 3.38. The van der Waals surface area contributed by atoms with E-state index in [9.17, 15) is 14.7 Å². The van der Waals surface area contributed by atoms with Crippen LogP contribution in [0.2, 0.25) is 0 Å². The van der Waals surface area contributed by atoms with Gasteiger partial charge in [-0.2, -0.15) is 0 Å². The van der Waals surface area contributed by atoms with Crippen molar-refractivity contribution in [2.75, 3.05) is 6.54 Å². The van der Waals surface area contributed by atoms with Crippen LogP contribution in [0, 0.1) is 13.8 Å². The number of likely N-dealkylation sites (tertiary alicyclic amines) is 1. The Morgan fingerprint density at radius 3 is 2.70 bits per heavy atom. The molecule has 5 nitrogen and oxygen atoms in total. The maximum absolute atomic E-state index is 12.8. The number of hydrogen-bond donors (Lipinski definition) is 2. The van der Waals surface area contributed by atoms with Crippen molar-refractivity contribution in [3.05, 3.63) is 64.9 Å². The second-order valence-electron chi connectivity index (χ2n) is 8.13. The molecule has 5 heteroatoms. The van der Waals surface area contributed by atoms with Gasteiger partial charge in [0.25, 0.3) is 0 Å². The van der Waals surface area contributed by atoms with E-state index in [1.165, 1.54) is 15.8 Å². The van der Waals surface area contributed by atoms with Crippen molar-refractivity contribution in [3.8, 4) is 11.1 Å². The number of amides is 1. The lowest BCUT2D eigenvalue weighted by atomic mass is 9.93. The minimum Gasteiger partial charge on any atom is -0.480 e. The molecule has 2 N–H and O–H groups in total. The summed E-state index contributed by atoms with van der Waals surface area (Å²) in [5, 5.41) is 10.5. The number of carboxylic acid groups (broad SMARTS) is 1. The molecule has 0 radical (unpaired) electrons. The minimum absolute atomic E-state index is 0.195. The molecule has 1 aliphatic rings. The molecule has 0 unspecified atom stereocenters. The fourth-order valence-electron chi connectivity index (χ4n) is 4.31. The van der Waals surface area contributed by atoms with Gasteiger partial charge < -0.3 is 15.0 Å². The van der Waals surface area contributed by atoms with Crippen LogP contribution >= 0.6 is 0 Å². The lowest BCUT2D eigenvalue weighted by Crippen LogP contribution is -2.40. The molecule has 1 atom stereocenters. The zero-order valence-corrected chi connectivity index (χ0v) is 17.5. The third-order valence-electron chi connectivity index (χ3n) is 5.99. The number of carbonyl (C=O) groups excluding carboxylic acids is 1. The van der Waals surface area contributed by atoms with E-state index >= 15 is 0 Å². The lowest BCUT2D eigenvalue weighted by molar-refractivity contribution is -0.146. The third kappa shape index (κ3) is 3.63. The SMILES string of the molecule is C/C(=C\c1cc(C)c(-c2ccc3[nH]ccc3c2)cc1C)C(=O)N1CCC[C@@H]1C(=O)O. The van der Waals surface area contributed by atoms with Gasteiger partial charge in [0.2, 0.25) is 5.91 Å². The number of aromatic amines is 1. The van der Waals surface area contributed by atoms with Crippen molar-refractivity contribution in [1.29, 1.82) is 0 Å². The molecule has 1 aliphatic heterocycles. The van der Waals surface area contributed by atoms with E-state index in [-0.39, 0.29) is 5.91 Å².